The molecule has 0 spiro atoms. The van der Waals surface area contributed by atoms with Gasteiger partial charge >= 0.3 is 0 Å². The molecule has 3 heterocycles. The molecule has 4 rings (SSSR count). The standard InChI is InChI=1S/C17H14N4S/c18-10-12-4-5-15(19-11-12)17-20-14-6-8-21(13-2-1-3-13)9-7-16(14)22-17/h1-5,11H,6-9H2. The number of rotatable bonds is 2. The van der Waals surface area contributed by atoms with Crippen molar-refractivity contribution in [3.63, 3.8) is 0 Å². The number of thiazole rings is 1. The molecule has 0 fully saturated rings. The van der Waals surface area contributed by atoms with Crippen LogP contribution in [0.4, 0.5) is 0 Å². The Bertz CT molecular complexity index is 783. The van der Waals surface area contributed by atoms with Crippen LogP contribution in [0.15, 0.2) is 42.3 Å². The molecule has 0 aromatic carbocycles. The lowest BCUT2D eigenvalue weighted by molar-refractivity contribution is 0.369. The maximum Gasteiger partial charge on any atom is 0.142 e. The highest BCUT2D eigenvalue weighted by atomic mass is 32.1. The maximum atomic E-state index is 8.84. The average Bonchev–Trinajstić information content (AvgIpc) is 2.82. The minimum Gasteiger partial charge on any atom is -0.371 e. The summed E-state index contributed by atoms with van der Waals surface area (Å²) in [6.45, 7) is 2.07. The van der Waals surface area contributed by atoms with E-state index >= 15 is 0 Å². The summed E-state index contributed by atoms with van der Waals surface area (Å²) in [6.07, 6.45) is 10.0. The first-order valence-corrected chi connectivity index (χ1v) is 8.13. The second-order valence-corrected chi connectivity index (χ2v) is 6.45. The van der Waals surface area contributed by atoms with Gasteiger partial charge < -0.3 is 4.90 Å². The minimum atomic E-state index is 0.583. The highest BCUT2D eigenvalue weighted by Crippen LogP contribution is 2.30. The van der Waals surface area contributed by atoms with E-state index in [9.17, 15) is 0 Å². The Balaban J connectivity index is 1.55. The van der Waals surface area contributed by atoms with Crippen LogP contribution in [0.5, 0.6) is 0 Å². The number of pyridine rings is 1. The molecule has 2 aliphatic rings. The van der Waals surface area contributed by atoms with Gasteiger partial charge in [-0.3, -0.25) is 4.98 Å². The zero-order valence-electron chi connectivity index (χ0n) is 12.0. The van der Waals surface area contributed by atoms with Crippen molar-refractivity contribution in [2.24, 2.45) is 0 Å². The van der Waals surface area contributed by atoms with E-state index in [1.165, 1.54) is 16.3 Å². The summed E-state index contributed by atoms with van der Waals surface area (Å²) in [5.74, 6) is 0. The number of hydrogen-bond donors (Lipinski definition) is 0. The van der Waals surface area contributed by atoms with E-state index in [-0.39, 0.29) is 0 Å². The molecule has 0 bridgehead atoms. The summed E-state index contributed by atoms with van der Waals surface area (Å²) >= 11 is 1.73. The fourth-order valence-electron chi connectivity index (χ4n) is 2.71. The van der Waals surface area contributed by atoms with Gasteiger partial charge in [0.1, 0.15) is 11.1 Å². The normalized spacial score (nSPS) is 16.3. The molecular weight excluding hydrogens is 292 g/mol. The molecule has 108 valence electrons. The Morgan fingerprint density at radius 1 is 1.23 bits per heavy atom. The molecule has 0 saturated carbocycles. The highest BCUT2D eigenvalue weighted by Gasteiger charge is 2.20. The van der Waals surface area contributed by atoms with Gasteiger partial charge in [-0.05, 0) is 24.3 Å². The zero-order chi connectivity index (χ0) is 14.9. The Hall–Kier alpha value is -2.45. The van der Waals surface area contributed by atoms with Crippen molar-refractivity contribution >= 4 is 11.3 Å². The molecule has 0 saturated heterocycles. The second-order valence-electron chi connectivity index (χ2n) is 5.37. The summed E-state index contributed by atoms with van der Waals surface area (Å²) in [4.78, 5) is 12.9. The van der Waals surface area contributed by atoms with E-state index in [0.717, 1.165) is 36.6 Å². The van der Waals surface area contributed by atoms with Crippen LogP contribution >= 0.6 is 11.3 Å². The zero-order valence-corrected chi connectivity index (χ0v) is 12.8. The molecule has 22 heavy (non-hydrogen) atoms. The van der Waals surface area contributed by atoms with Crippen LogP contribution in [-0.2, 0) is 12.8 Å². The lowest BCUT2D eigenvalue weighted by Crippen LogP contribution is -2.26. The molecule has 0 amide bonds. The summed E-state index contributed by atoms with van der Waals surface area (Å²) in [6, 6.07) is 5.77. The highest BCUT2D eigenvalue weighted by molar-refractivity contribution is 7.15. The van der Waals surface area contributed by atoms with Crippen LogP contribution in [-0.4, -0.2) is 28.0 Å². The van der Waals surface area contributed by atoms with Crippen LogP contribution in [0.2, 0.25) is 0 Å². The van der Waals surface area contributed by atoms with Crippen molar-refractivity contribution in [1.82, 2.24) is 14.9 Å². The van der Waals surface area contributed by atoms with E-state index in [1.54, 1.807) is 23.6 Å². The van der Waals surface area contributed by atoms with Crippen LogP contribution in [0, 0.1) is 11.3 Å². The number of aromatic nitrogens is 2. The lowest BCUT2D eigenvalue weighted by Gasteiger charge is -2.26. The van der Waals surface area contributed by atoms with E-state index in [4.69, 9.17) is 10.2 Å². The molecule has 0 N–H and O–H groups in total. The predicted octanol–water partition coefficient (Wildman–Crippen LogP) is 2.93. The third kappa shape index (κ3) is 2.32. The van der Waals surface area contributed by atoms with E-state index < -0.39 is 0 Å². The molecule has 1 aliphatic heterocycles. The van der Waals surface area contributed by atoms with Gasteiger partial charge in [0, 0.05) is 42.7 Å². The average molecular weight is 306 g/mol. The van der Waals surface area contributed by atoms with Crippen molar-refractivity contribution in [3.8, 4) is 16.8 Å². The van der Waals surface area contributed by atoms with Crippen LogP contribution in [0.3, 0.4) is 0 Å². The smallest absolute Gasteiger partial charge is 0.142 e. The van der Waals surface area contributed by atoms with Crippen LogP contribution < -0.4 is 0 Å². The van der Waals surface area contributed by atoms with Crippen LogP contribution in [0.1, 0.15) is 16.1 Å². The lowest BCUT2D eigenvalue weighted by atomic mass is 10.2. The number of fused-ring (bicyclic) bond motifs is 1. The number of nitriles is 1. The topological polar surface area (TPSA) is 52.8 Å². The first-order chi connectivity index (χ1) is 10.8. The molecule has 0 atom stereocenters. The van der Waals surface area contributed by atoms with Gasteiger partial charge in [-0.15, -0.1) is 11.3 Å². The van der Waals surface area contributed by atoms with Crippen molar-refractivity contribution in [3.05, 3.63) is 58.4 Å². The first kappa shape index (κ1) is 13.2. The third-order valence-corrected chi connectivity index (χ3v) is 5.20. The Morgan fingerprint density at radius 2 is 2.09 bits per heavy atom. The summed E-state index contributed by atoms with van der Waals surface area (Å²) in [5, 5.41) is 9.80. The third-order valence-electron chi connectivity index (χ3n) is 4.02. The van der Waals surface area contributed by atoms with Gasteiger partial charge in [-0.2, -0.15) is 5.26 Å². The molecule has 5 heteroatoms. The van der Waals surface area contributed by atoms with Crippen LogP contribution in [0.25, 0.3) is 10.7 Å². The van der Waals surface area contributed by atoms with Gasteiger partial charge in [-0.25, -0.2) is 4.98 Å². The molecule has 1 aliphatic carbocycles. The van der Waals surface area contributed by atoms with Gasteiger partial charge in [0.25, 0.3) is 0 Å². The van der Waals surface area contributed by atoms with Gasteiger partial charge in [-0.1, -0.05) is 6.08 Å². The second kappa shape index (κ2) is 5.39. The SMILES string of the molecule is N#Cc1ccc(-c2nc3c(s2)CCN(C2=CC=C2)CC3)nc1. The largest absolute Gasteiger partial charge is 0.371 e. The Morgan fingerprint density at radius 3 is 2.77 bits per heavy atom. The fourth-order valence-corrected chi connectivity index (χ4v) is 3.78. The van der Waals surface area contributed by atoms with Crippen molar-refractivity contribution in [2.45, 2.75) is 12.8 Å². The van der Waals surface area contributed by atoms with Crippen molar-refractivity contribution < 1.29 is 0 Å². The van der Waals surface area contributed by atoms with E-state index in [1.807, 2.05) is 6.07 Å². The molecule has 2 aromatic rings. The Kier molecular flexibility index (Phi) is 3.24. The molecule has 2 aromatic heterocycles. The molecular formula is C17H14N4S. The number of hydrogen-bond acceptors (Lipinski definition) is 5. The summed E-state index contributed by atoms with van der Waals surface area (Å²) < 4.78 is 0. The van der Waals surface area contributed by atoms with Crippen molar-refractivity contribution in [1.29, 1.82) is 5.26 Å². The monoisotopic (exact) mass is 306 g/mol. The quantitative estimate of drug-likeness (QED) is 0.856. The minimum absolute atomic E-state index is 0.583. The Labute approximate surface area is 133 Å². The van der Waals surface area contributed by atoms with E-state index in [0.29, 0.717) is 5.56 Å². The number of nitrogens with zero attached hydrogens (tertiary/aromatic N) is 4. The van der Waals surface area contributed by atoms with Crippen molar-refractivity contribution in [2.75, 3.05) is 13.1 Å². The molecule has 4 nitrogen and oxygen atoms in total. The van der Waals surface area contributed by atoms with Gasteiger partial charge in [0.15, 0.2) is 0 Å². The van der Waals surface area contributed by atoms with Gasteiger partial charge in [0.05, 0.1) is 17.0 Å². The predicted molar refractivity (Wildman–Crippen MR) is 86.3 cm³/mol. The first-order valence-electron chi connectivity index (χ1n) is 7.32. The fraction of sp³-hybridized carbons (Fsp3) is 0.235. The maximum absolute atomic E-state index is 8.84. The molecule has 0 unspecified atom stereocenters. The summed E-state index contributed by atoms with van der Waals surface area (Å²) in [5.41, 5.74) is 3.99. The summed E-state index contributed by atoms with van der Waals surface area (Å²) in [7, 11) is 0. The number of allylic oxidation sites excluding steroid dienone is 3. The molecule has 0 radical (unpaired) electrons. The van der Waals surface area contributed by atoms with E-state index in [2.05, 4.69) is 34.2 Å². The van der Waals surface area contributed by atoms with Gasteiger partial charge in [0.2, 0.25) is 0 Å².